The summed E-state index contributed by atoms with van der Waals surface area (Å²) in [7, 11) is 0. The molecule has 1 N–H and O–H groups in total. The van der Waals surface area contributed by atoms with Crippen LogP contribution in [0.2, 0.25) is 0 Å². The lowest BCUT2D eigenvalue weighted by atomic mass is 10.1. The molecule has 144 valence electrons. The van der Waals surface area contributed by atoms with E-state index in [1.165, 1.54) is 11.1 Å². The number of aliphatic hydroxyl groups excluding tert-OH is 1. The van der Waals surface area contributed by atoms with Crippen LogP contribution >= 0.6 is 0 Å². The maximum Gasteiger partial charge on any atom is 0.0824 e. The van der Waals surface area contributed by atoms with Crippen molar-refractivity contribution in [2.24, 2.45) is 0 Å². The highest BCUT2D eigenvalue weighted by Crippen LogP contribution is 2.18. The Labute approximate surface area is 168 Å². The third-order valence-electron chi connectivity index (χ3n) is 4.99. The highest BCUT2D eigenvalue weighted by Gasteiger charge is 2.13. The van der Waals surface area contributed by atoms with Crippen molar-refractivity contribution >= 4 is 0 Å². The van der Waals surface area contributed by atoms with Crippen LogP contribution in [0.5, 0.6) is 0 Å². The van der Waals surface area contributed by atoms with Crippen LogP contribution in [-0.4, -0.2) is 16.0 Å². The molecular formula is C26H29NO. The zero-order valence-electron chi connectivity index (χ0n) is 16.5. The van der Waals surface area contributed by atoms with Crippen LogP contribution in [0.1, 0.15) is 36.1 Å². The molecule has 0 aromatic heterocycles. The Bertz CT molecular complexity index is 789. The average Bonchev–Trinajstić information content (AvgIpc) is 2.75. The van der Waals surface area contributed by atoms with Crippen LogP contribution in [-0.2, 0) is 13.1 Å². The van der Waals surface area contributed by atoms with E-state index in [4.69, 9.17) is 0 Å². The van der Waals surface area contributed by atoms with E-state index in [1.54, 1.807) is 0 Å². The number of benzene rings is 3. The average molecular weight is 372 g/mol. The minimum Gasteiger partial charge on any atom is -0.388 e. The van der Waals surface area contributed by atoms with Crippen molar-refractivity contribution in [3.63, 3.8) is 0 Å². The summed E-state index contributed by atoms with van der Waals surface area (Å²) in [5.74, 6) is 0. The monoisotopic (exact) mass is 371 g/mol. The molecule has 0 heterocycles. The summed E-state index contributed by atoms with van der Waals surface area (Å²) in [4.78, 5) is 2.45. The van der Waals surface area contributed by atoms with Crippen LogP contribution < -0.4 is 0 Å². The Morgan fingerprint density at radius 3 is 1.71 bits per heavy atom. The smallest absolute Gasteiger partial charge is 0.0824 e. The molecule has 0 saturated heterocycles. The van der Waals surface area contributed by atoms with Gasteiger partial charge >= 0.3 is 0 Å². The standard InChI is InChI=1S/C26H29NO/c1-22(12-11-19-26(28)25-17-9-4-10-18-25)27(20-23-13-5-2-6-14-23)21-24-15-7-3-8-16-24/h2-18,22,26,28H,19-21H2,1H3/b12-11-/t22-,26+/m0/s1. The van der Waals surface area contributed by atoms with Gasteiger partial charge < -0.3 is 5.11 Å². The first-order chi connectivity index (χ1) is 13.7. The van der Waals surface area contributed by atoms with Gasteiger partial charge in [-0.25, -0.2) is 0 Å². The molecule has 0 saturated carbocycles. The van der Waals surface area contributed by atoms with Gasteiger partial charge in [-0.05, 0) is 30.0 Å². The molecule has 0 aliphatic rings. The van der Waals surface area contributed by atoms with E-state index in [2.05, 4.69) is 84.6 Å². The summed E-state index contributed by atoms with van der Waals surface area (Å²) in [6.07, 6.45) is 4.48. The number of aliphatic hydroxyl groups is 1. The molecule has 0 aliphatic heterocycles. The summed E-state index contributed by atoms with van der Waals surface area (Å²) >= 11 is 0. The van der Waals surface area contributed by atoms with Gasteiger partial charge in [-0.2, -0.15) is 0 Å². The largest absolute Gasteiger partial charge is 0.388 e. The fourth-order valence-corrected chi connectivity index (χ4v) is 3.32. The predicted octanol–water partition coefficient (Wildman–Crippen LogP) is 5.76. The first kappa shape index (κ1) is 20.1. The molecule has 28 heavy (non-hydrogen) atoms. The van der Waals surface area contributed by atoms with Crippen LogP contribution in [0.25, 0.3) is 0 Å². The van der Waals surface area contributed by atoms with E-state index in [1.807, 2.05) is 30.3 Å². The summed E-state index contributed by atoms with van der Waals surface area (Å²) in [6.45, 7) is 4.00. The highest BCUT2D eigenvalue weighted by molar-refractivity contribution is 5.19. The second-order valence-electron chi connectivity index (χ2n) is 7.21. The van der Waals surface area contributed by atoms with E-state index in [9.17, 15) is 5.11 Å². The normalized spacial score (nSPS) is 13.7. The third kappa shape index (κ3) is 6.19. The van der Waals surface area contributed by atoms with Crippen LogP contribution in [0.3, 0.4) is 0 Å². The van der Waals surface area contributed by atoms with E-state index >= 15 is 0 Å². The Hall–Kier alpha value is -2.68. The van der Waals surface area contributed by atoms with Crippen molar-refractivity contribution in [3.05, 3.63) is 120 Å². The van der Waals surface area contributed by atoms with Gasteiger partial charge in [0, 0.05) is 19.1 Å². The van der Waals surface area contributed by atoms with E-state index in [0.717, 1.165) is 18.7 Å². The summed E-state index contributed by atoms with van der Waals surface area (Å²) in [5.41, 5.74) is 3.58. The number of hydrogen-bond donors (Lipinski definition) is 1. The predicted molar refractivity (Wildman–Crippen MR) is 117 cm³/mol. The van der Waals surface area contributed by atoms with Gasteiger partial charge in [0.05, 0.1) is 6.10 Å². The van der Waals surface area contributed by atoms with Gasteiger partial charge in [0.2, 0.25) is 0 Å². The third-order valence-corrected chi connectivity index (χ3v) is 4.99. The first-order valence-electron chi connectivity index (χ1n) is 9.94. The molecule has 0 radical (unpaired) electrons. The van der Waals surface area contributed by atoms with Gasteiger partial charge in [0.15, 0.2) is 0 Å². The van der Waals surface area contributed by atoms with Crippen molar-refractivity contribution in [1.82, 2.24) is 4.90 Å². The minimum absolute atomic E-state index is 0.267. The van der Waals surface area contributed by atoms with Crippen LogP contribution in [0.15, 0.2) is 103 Å². The molecule has 0 bridgehead atoms. The minimum atomic E-state index is -0.457. The van der Waals surface area contributed by atoms with Crippen LogP contribution in [0, 0.1) is 0 Å². The van der Waals surface area contributed by atoms with Gasteiger partial charge in [-0.1, -0.05) is 103 Å². The number of hydrogen-bond acceptors (Lipinski definition) is 2. The lowest BCUT2D eigenvalue weighted by Gasteiger charge is -2.27. The lowest BCUT2D eigenvalue weighted by Crippen LogP contribution is -2.30. The molecule has 0 unspecified atom stereocenters. The van der Waals surface area contributed by atoms with E-state index in [-0.39, 0.29) is 6.04 Å². The quantitative estimate of drug-likeness (QED) is 0.484. The molecule has 2 atom stereocenters. The second kappa shape index (κ2) is 10.6. The van der Waals surface area contributed by atoms with Crippen LogP contribution in [0.4, 0.5) is 0 Å². The van der Waals surface area contributed by atoms with Gasteiger partial charge in [-0.15, -0.1) is 0 Å². The van der Waals surface area contributed by atoms with Crippen molar-refractivity contribution in [1.29, 1.82) is 0 Å². The second-order valence-corrected chi connectivity index (χ2v) is 7.21. The summed E-state index contributed by atoms with van der Waals surface area (Å²) in [6, 6.07) is 31.3. The summed E-state index contributed by atoms with van der Waals surface area (Å²) in [5, 5.41) is 10.4. The Morgan fingerprint density at radius 1 is 0.750 bits per heavy atom. The topological polar surface area (TPSA) is 23.5 Å². The molecular weight excluding hydrogens is 342 g/mol. The van der Waals surface area contributed by atoms with Crippen molar-refractivity contribution in [2.45, 2.75) is 38.6 Å². The van der Waals surface area contributed by atoms with Gasteiger partial charge in [0.1, 0.15) is 0 Å². The molecule has 3 aromatic carbocycles. The fourth-order valence-electron chi connectivity index (χ4n) is 3.32. The SMILES string of the molecule is C[C@@H](/C=C\C[C@@H](O)c1ccccc1)N(Cc1ccccc1)Cc1ccccc1. The molecule has 0 fully saturated rings. The Kier molecular flexibility index (Phi) is 7.60. The zero-order chi connectivity index (χ0) is 19.6. The first-order valence-corrected chi connectivity index (χ1v) is 9.94. The maximum atomic E-state index is 10.4. The molecule has 3 rings (SSSR count). The Balaban J connectivity index is 1.65. The van der Waals surface area contributed by atoms with Gasteiger partial charge in [-0.3, -0.25) is 4.90 Å². The highest BCUT2D eigenvalue weighted by atomic mass is 16.3. The molecule has 3 aromatic rings. The fraction of sp³-hybridized carbons (Fsp3) is 0.231. The molecule has 0 amide bonds. The number of rotatable bonds is 9. The molecule has 0 spiro atoms. The van der Waals surface area contributed by atoms with Crippen molar-refractivity contribution < 1.29 is 5.11 Å². The van der Waals surface area contributed by atoms with Crippen molar-refractivity contribution in [2.75, 3.05) is 0 Å². The van der Waals surface area contributed by atoms with E-state index < -0.39 is 6.10 Å². The summed E-state index contributed by atoms with van der Waals surface area (Å²) < 4.78 is 0. The van der Waals surface area contributed by atoms with Gasteiger partial charge in [0.25, 0.3) is 0 Å². The lowest BCUT2D eigenvalue weighted by molar-refractivity contribution is 0.180. The van der Waals surface area contributed by atoms with Crippen molar-refractivity contribution in [3.8, 4) is 0 Å². The molecule has 2 heteroatoms. The maximum absolute atomic E-state index is 10.4. The number of nitrogens with zero attached hydrogens (tertiary/aromatic N) is 1. The molecule has 2 nitrogen and oxygen atoms in total. The zero-order valence-corrected chi connectivity index (χ0v) is 16.5. The van der Waals surface area contributed by atoms with E-state index in [0.29, 0.717) is 6.42 Å². The molecule has 0 aliphatic carbocycles. The Morgan fingerprint density at radius 2 is 1.21 bits per heavy atom.